The van der Waals surface area contributed by atoms with E-state index < -0.39 is 13.0 Å². The normalized spacial score (nSPS) is 11.9. The monoisotopic (exact) mass is 525 g/mol. The number of halogens is 3. The molecule has 2 aromatic heterocycles. The molecule has 0 fully saturated rings. The summed E-state index contributed by atoms with van der Waals surface area (Å²) in [5.74, 6) is 0.212. The Bertz CT molecular complexity index is 1220. The summed E-state index contributed by atoms with van der Waals surface area (Å²) in [5, 5.41) is 15.1. The van der Waals surface area contributed by atoms with Gasteiger partial charge in [-0.1, -0.05) is 24.0 Å². The average molecular weight is 526 g/mol. The molecule has 13 heteroatoms. The van der Waals surface area contributed by atoms with Gasteiger partial charge < -0.3 is 25.0 Å². The van der Waals surface area contributed by atoms with Crippen LogP contribution in [0, 0.1) is 0 Å². The maximum absolute atomic E-state index is 12.4. The number of rotatable bonds is 13. The number of alkyl halides is 3. The third kappa shape index (κ3) is 7.62. The van der Waals surface area contributed by atoms with E-state index in [1.165, 1.54) is 23.5 Å². The number of thiazole rings is 1. The molecular formula is C23H26F3N5O4S. The molecule has 0 aliphatic rings. The minimum absolute atomic E-state index is 0.0598. The smallest absolute Gasteiger partial charge is 0.396 e. The minimum Gasteiger partial charge on any atom is -0.396 e. The fourth-order valence-corrected chi connectivity index (χ4v) is 3.92. The minimum atomic E-state index is -4.70. The van der Waals surface area contributed by atoms with Crippen molar-refractivity contribution < 1.29 is 32.5 Å². The summed E-state index contributed by atoms with van der Waals surface area (Å²) < 4.78 is 47.2. The molecule has 36 heavy (non-hydrogen) atoms. The molecule has 0 atom stereocenters. The van der Waals surface area contributed by atoms with Crippen molar-refractivity contribution in [2.75, 3.05) is 38.3 Å². The Morgan fingerprint density at radius 1 is 1.31 bits per heavy atom. The Labute approximate surface area is 209 Å². The van der Waals surface area contributed by atoms with Crippen LogP contribution in [-0.4, -0.2) is 64.9 Å². The van der Waals surface area contributed by atoms with Crippen LogP contribution in [0.25, 0.3) is 23.2 Å². The van der Waals surface area contributed by atoms with Gasteiger partial charge in [-0.15, -0.1) is 13.2 Å². The van der Waals surface area contributed by atoms with Crippen molar-refractivity contribution in [1.29, 1.82) is 0 Å². The van der Waals surface area contributed by atoms with Crippen molar-refractivity contribution in [2.45, 2.75) is 12.8 Å². The third-order valence-electron chi connectivity index (χ3n) is 4.83. The van der Waals surface area contributed by atoms with Gasteiger partial charge in [-0.3, -0.25) is 9.53 Å². The standard InChI is InChI=1S/C23H26F3N5O4S/c1-3-19-16(6-4-12-35-23(24,25)26)29-22(36-19)30-21-28-17-14-15(7-8-18(17)31(21)2)20(33)27-9-13-34-11-5-10-32/h3-4,6-8,14,32H,1,5,9-13H2,2H3,(H,27,33)(H,28,29,30)/b6-4-. The molecule has 0 bridgehead atoms. The van der Waals surface area contributed by atoms with Crippen LogP contribution in [0.5, 0.6) is 0 Å². The van der Waals surface area contributed by atoms with Gasteiger partial charge in [0.05, 0.1) is 34.8 Å². The molecule has 2 heterocycles. The van der Waals surface area contributed by atoms with Crippen LogP contribution in [0.2, 0.25) is 0 Å². The summed E-state index contributed by atoms with van der Waals surface area (Å²) in [6.45, 7) is 4.27. The van der Waals surface area contributed by atoms with Gasteiger partial charge in [-0.25, -0.2) is 9.97 Å². The Balaban J connectivity index is 1.67. The highest BCUT2D eigenvalue weighted by atomic mass is 32.1. The Hall–Kier alpha value is -3.26. The van der Waals surface area contributed by atoms with Crippen LogP contribution in [0.4, 0.5) is 24.3 Å². The van der Waals surface area contributed by atoms with Crippen LogP contribution >= 0.6 is 11.3 Å². The summed E-state index contributed by atoms with van der Waals surface area (Å²) in [6.07, 6.45) is 0.0659. The molecule has 0 saturated carbocycles. The number of carbonyl (C=O) groups is 1. The molecule has 3 rings (SSSR count). The fourth-order valence-electron chi connectivity index (χ4n) is 3.12. The number of fused-ring (bicyclic) bond motifs is 1. The highest BCUT2D eigenvalue weighted by Gasteiger charge is 2.28. The summed E-state index contributed by atoms with van der Waals surface area (Å²) >= 11 is 1.26. The lowest BCUT2D eigenvalue weighted by Crippen LogP contribution is -2.27. The number of hydrogen-bond donors (Lipinski definition) is 3. The quantitative estimate of drug-likeness (QED) is 0.288. The first kappa shape index (κ1) is 27.3. The van der Waals surface area contributed by atoms with Gasteiger partial charge in [-0.2, -0.15) is 0 Å². The first-order valence-electron chi connectivity index (χ1n) is 10.9. The number of amides is 1. The van der Waals surface area contributed by atoms with Crippen molar-refractivity contribution in [3.8, 4) is 0 Å². The third-order valence-corrected chi connectivity index (χ3v) is 5.81. The van der Waals surface area contributed by atoms with Crippen LogP contribution in [0.15, 0.2) is 30.9 Å². The number of nitrogens with zero attached hydrogens (tertiary/aromatic N) is 3. The second-order valence-electron chi connectivity index (χ2n) is 7.40. The topological polar surface area (TPSA) is 111 Å². The van der Waals surface area contributed by atoms with E-state index in [4.69, 9.17) is 9.84 Å². The summed E-state index contributed by atoms with van der Waals surface area (Å²) in [5.41, 5.74) is 2.27. The summed E-state index contributed by atoms with van der Waals surface area (Å²) in [4.78, 5) is 22.1. The molecule has 0 spiro atoms. The first-order valence-corrected chi connectivity index (χ1v) is 11.7. The number of imidazole rings is 1. The molecule has 1 amide bonds. The van der Waals surface area contributed by atoms with Crippen molar-refractivity contribution in [1.82, 2.24) is 19.9 Å². The van der Waals surface area contributed by atoms with E-state index in [0.717, 1.165) is 5.52 Å². The molecule has 0 aliphatic carbocycles. The predicted octanol–water partition coefficient (Wildman–Crippen LogP) is 4.09. The molecule has 3 N–H and O–H groups in total. The second-order valence-corrected chi connectivity index (χ2v) is 8.43. The SMILES string of the molecule is C=Cc1sc(Nc2nc3cc(C(=O)NCCOCCCO)ccc3n2C)nc1/C=C\COC(F)(F)F. The van der Waals surface area contributed by atoms with Gasteiger partial charge in [0, 0.05) is 32.4 Å². The number of aliphatic hydroxyl groups excluding tert-OH is 1. The highest BCUT2D eigenvalue weighted by molar-refractivity contribution is 7.16. The zero-order valence-electron chi connectivity index (χ0n) is 19.5. The van der Waals surface area contributed by atoms with Gasteiger partial charge in [0.15, 0.2) is 5.13 Å². The second kappa shape index (κ2) is 12.6. The van der Waals surface area contributed by atoms with E-state index >= 15 is 0 Å². The van der Waals surface area contributed by atoms with Crippen LogP contribution < -0.4 is 10.6 Å². The largest absolute Gasteiger partial charge is 0.522 e. The highest BCUT2D eigenvalue weighted by Crippen LogP contribution is 2.29. The van der Waals surface area contributed by atoms with E-state index in [1.807, 2.05) is 0 Å². The number of nitrogens with one attached hydrogen (secondary N) is 2. The number of anilines is 2. The molecule has 194 valence electrons. The molecular weight excluding hydrogens is 499 g/mol. The van der Waals surface area contributed by atoms with Gasteiger partial charge in [0.25, 0.3) is 5.91 Å². The molecule has 0 radical (unpaired) electrons. The molecule has 9 nitrogen and oxygen atoms in total. The average Bonchev–Trinajstić information content (AvgIpc) is 3.37. The lowest BCUT2D eigenvalue weighted by molar-refractivity contribution is -0.319. The van der Waals surface area contributed by atoms with Crippen molar-refractivity contribution in [3.05, 3.63) is 47.0 Å². The van der Waals surface area contributed by atoms with Gasteiger partial charge in [-0.05, 0) is 36.8 Å². The Morgan fingerprint density at radius 2 is 2.11 bits per heavy atom. The molecule has 1 aromatic carbocycles. The molecule has 0 saturated heterocycles. The van der Waals surface area contributed by atoms with Crippen LogP contribution in [0.1, 0.15) is 27.3 Å². The summed E-state index contributed by atoms with van der Waals surface area (Å²) in [7, 11) is 1.80. The predicted molar refractivity (Wildman–Crippen MR) is 132 cm³/mol. The number of aliphatic hydroxyl groups is 1. The number of benzene rings is 1. The first-order chi connectivity index (χ1) is 17.2. The van der Waals surface area contributed by atoms with E-state index in [9.17, 15) is 18.0 Å². The number of aryl methyl sites for hydroxylation is 1. The van der Waals surface area contributed by atoms with Gasteiger partial charge in [0.2, 0.25) is 5.95 Å². The van der Waals surface area contributed by atoms with E-state index in [-0.39, 0.29) is 12.5 Å². The fraction of sp³-hybridized carbons (Fsp3) is 0.348. The van der Waals surface area contributed by atoms with Gasteiger partial charge >= 0.3 is 6.36 Å². The maximum Gasteiger partial charge on any atom is 0.522 e. The molecule has 0 unspecified atom stereocenters. The van der Waals surface area contributed by atoms with Crippen molar-refractivity contribution in [3.63, 3.8) is 0 Å². The van der Waals surface area contributed by atoms with E-state index in [0.29, 0.717) is 58.9 Å². The summed E-state index contributed by atoms with van der Waals surface area (Å²) in [6, 6.07) is 5.15. The lowest BCUT2D eigenvalue weighted by atomic mass is 10.2. The zero-order chi connectivity index (χ0) is 26.1. The zero-order valence-corrected chi connectivity index (χ0v) is 20.3. The molecule has 3 aromatic rings. The molecule has 0 aliphatic heterocycles. The number of hydrogen-bond acceptors (Lipinski definition) is 8. The van der Waals surface area contributed by atoms with E-state index in [2.05, 4.69) is 31.9 Å². The maximum atomic E-state index is 12.4. The van der Waals surface area contributed by atoms with Crippen LogP contribution in [-0.2, 0) is 16.5 Å². The van der Waals surface area contributed by atoms with Crippen molar-refractivity contribution in [2.24, 2.45) is 7.05 Å². The lowest BCUT2D eigenvalue weighted by Gasteiger charge is -2.06. The number of aromatic nitrogens is 3. The van der Waals surface area contributed by atoms with Crippen LogP contribution in [0.3, 0.4) is 0 Å². The number of carbonyl (C=O) groups excluding carboxylic acids is 1. The van der Waals surface area contributed by atoms with E-state index in [1.54, 1.807) is 35.9 Å². The van der Waals surface area contributed by atoms with Gasteiger partial charge in [0.1, 0.15) is 0 Å². The Morgan fingerprint density at radius 3 is 2.83 bits per heavy atom. The Kier molecular flexibility index (Phi) is 9.58. The number of ether oxygens (including phenoxy) is 2. The van der Waals surface area contributed by atoms with Crippen molar-refractivity contribution >= 4 is 51.5 Å².